The van der Waals surface area contributed by atoms with Crippen LogP contribution in [0.3, 0.4) is 0 Å². The monoisotopic (exact) mass is 749 g/mol. The average molecular weight is 750 g/mol. The fraction of sp³-hybridized carbons (Fsp3) is 0.0175. The Morgan fingerprint density at radius 2 is 0.898 bits per heavy atom. The second kappa shape index (κ2) is 12.2. The molecule has 274 valence electrons. The first kappa shape index (κ1) is 32.4. The zero-order valence-corrected chi connectivity index (χ0v) is 32.1. The molecule has 0 fully saturated rings. The molecule has 0 bridgehead atoms. The van der Waals surface area contributed by atoms with Crippen LogP contribution in [0.4, 0.5) is 17.1 Å². The van der Waals surface area contributed by atoms with Crippen molar-refractivity contribution in [2.24, 2.45) is 0 Å². The summed E-state index contributed by atoms with van der Waals surface area (Å²) in [6.07, 6.45) is 0. The molecule has 0 amide bonds. The van der Waals surface area contributed by atoms with E-state index in [1.165, 1.54) is 55.3 Å². The molecule has 2 aliphatic carbocycles. The summed E-state index contributed by atoms with van der Waals surface area (Å²) in [7, 11) is 0. The molecule has 2 nitrogen and oxygen atoms in total. The highest BCUT2D eigenvalue weighted by Crippen LogP contribution is 2.65. The zero-order chi connectivity index (χ0) is 38.7. The lowest BCUT2D eigenvalue weighted by molar-refractivity contribution is 0.672. The summed E-state index contributed by atoms with van der Waals surface area (Å²) in [6.45, 7) is 0. The molecule has 1 heterocycles. The van der Waals surface area contributed by atoms with E-state index in [0.29, 0.717) is 0 Å². The summed E-state index contributed by atoms with van der Waals surface area (Å²) in [5, 5.41) is 6.96. The quantitative estimate of drug-likeness (QED) is 0.178. The predicted molar refractivity (Wildman–Crippen MR) is 245 cm³/mol. The summed E-state index contributed by atoms with van der Waals surface area (Å²) in [6, 6.07) is 78.2. The Hall–Kier alpha value is -7.68. The van der Waals surface area contributed by atoms with Gasteiger partial charge in [0.15, 0.2) is 0 Å². The Bertz CT molecular complexity index is 3480. The maximum absolute atomic E-state index is 6.48. The van der Waals surface area contributed by atoms with Gasteiger partial charge >= 0.3 is 0 Å². The third-order valence-electron chi connectivity index (χ3n) is 13.1. The normalized spacial score (nSPS) is 13.2. The Labute approximate surface area is 341 Å². The maximum atomic E-state index is 6.48. The third kappa shape index (κ3) is 4.35. The fourth-order valence-corrected chi connectivity index (χ4v) is 10.7. The van der Waals surface area contributed by atoms with Crippen molar-refractivity contribution in [1.82, 2.24) is 0 Å². The minimum Gasteiger partial charge on any atom is -0.455 e. The van der Waals surface area contributed by atoms with E-state index in [9.17, 15) is 0 Å². The van der Waals surface area contributed by atoms with Gasteiger partial charge in [0, 0.05) is 32.7 Å². The van der Waals surface area contributed by atoms with Crippen molar-refractivity contribution >= 4 is 60.5 Å². The molecular weight excluding hydrogens is 715 g/mol. The largest absolute Gasteiger partial charge is 0.455 e. The van der Waals surface area contributed by atoms with E-state index in [4.69, 9.17) is 4.42 Å². The summed E-state index contributed by atoms with van der Waals surface area (Å²) in [5.74, 6) is 0. The van der Waals surface area contributed by atoms with Crippen molar-refractivity contribution in [1.29, 1.82) is 0 Å². The van der Waals surface area contributed by atoms with Gasteiger partial charge < -0.3 is 9.32 Å². The van der Waals surface area contributed by atoms with E-state index in [1.807, 2.05) is 6.07 Å². The van der Waals surface area contributed by atoms with Gasteiger partial charge in [0.25, 0.3) is 0 Å². The lowest BCUT2D eigenvalue weighted by atomic mass is 9.70. The van der Waals surface area contributed by atoms with Crippen molar-refractivity contribution in [3.8, 4) is 33.4 Å². The SMILES string of the molecule is c1ccc(N(c2cccc3c2-c2ccccc2C32c3ccccc3-c3ccccc32)c2cccc3ccccc23)c(-c2ccc3c(ccc4c5ccccc5oc34)c2)c1. The number of para-hydroxylation sites is 2. The van der Waals surface area contributed by atoms with Crippen LogP contribution in [0.5, 0.6) is 0 Å². The molecule has 0 unspecified atom stereocenters. The molecule has 2 aliphatic rings. The second-order valence-corrected chi connectivity index (χ2v) is 15.9. The van der Waals surface area contributed by atoms with Crippen LogP contribution in [-0.2, 0) is 5.41 Å². The van der Waals surface area contributed by atoms with Crippen LogP contribution in [0.25, 0.3) is 76.9 Å². The summed E-state index contributed by atoms with van der Waals surface area (Å²) >= 11 is 0. The van der Waals surface area contributed by atoms with Gasteiger partial charge in [-0.2, -0.15) is 0 Å². The summed E-state index contributed by atoms with van der Waals surface area (Å²) in [5.41, 5.74) is 17.6. The molecule has 11 aromatic rings. The average Bonchev–Trinajstić information content (AvgIpc) is 3.94. The van der Waals surface area contributed by atoms with Gasteiger partial charge in [-0.25, -0.2) is 0 Å². The van der Waals surface area contributed by atoms with E-state index >= 15 is 0 Å². The van der Waals surface area contributed by atoms with Crippen molar-refractivity contribution in [2.75, 3.05) is 4.90 Å². The van der Waals surface area contributed by atoms with Crippen LogP contribution < -0.4 is 4.90 Å². The number of hydrogen-bond acceptors (Lipinski definition) is 2. The lowest BCUT2D eigenvalue weighted by Crippen LogP contribution is -2.26. The van der Waals surface area contributed by atoms with Gasteiger partial charge in [0.1, 0.15) is 11.2 Å². The molecule has 0 N–H and O–H groups in total. The van der Waals surface area contributed by atoms with Crippen LogP contribution in [0, 0.1) is 0 Å². The van der Waals surface area contributed by atoms with E-state index in [0.717, 1.165) is 60.9 Å². The molecule has 0 radical (unpaired) electrons. The van der Waals surface area contributed by atoms with Gasteiger partial charge in [-0.3, -0.25) is 0 Å². The summed E-state index contributed by atoms with van der Waals surface area (Å²) < 4.78 is 6.48. The molecule has 1 aromatic heterocycles. The zero-order valence-electron chi connectivity index (χ0n) is 32.1. The van der Waals surface area contributed by atoms with E-state index in [1.54, 1.807) is 0 Å². The number of anilines is 3. The van der Waals surface area contributed by atoms with Gasteiger partial charge in [-0.1, -0.05) is 170 Å². The second-order valence-electron chi connectivity index (χ2n) is 15.9. The van der Waals surface area contributed by atoms with Gasteiger partial charge in [-0.05, 0) is 97.7 Å². The van der Waals surface area contributed by atoms with E-state index in [-0.39, 0.29) is 0 Å². The Kier molecular flexibility index (Phi) is 6.68. The van der Waals surface area contributed by atoms with Crippen LogP contribution in [0.2, 0.25) is 0 Å². The highest BCUT2D eigenvalue weighted by Gasteiger charge is 2.52. The first-order valence-electron chi connectivity index (χ1n) is 20.4. The summed E-state index contributed by atoms with van der Waals surface area (Å²) in [4.78, 5) is 2.53. The Morgan fingerprint density at radius 1 is 0.339 bits per heavy atom. The molecule has 10 aromatic carbocycles. The fourth-order valence-electron chi connectivity index (χ4n) is 10.7. The Balaban J connectivity index is 1.09. The molecule has 59 heavy (non-hydrogen) atoms. The number of rotatable bonds is 4. The first-order valence-corrected chi connectivity index (χ1v) is 20.4. The van der Waals surface area contributed by atoms with Crippen LogP contribution in [0.15, 0.2) is 217 Å². The standard InChI is InChI=1S/C57H35NO/c1-2-17-39-36(15-1)16-13-28-52(39)58(51-27-11-6-18-40(51)37-31-33-41-38(35-37)32-34-45-44-21-7-12-30-54(44)59-56(41)45)53-29-14-26-50-55(53)46-22-5-10-25-49(46)57(50)47-23-8-3-19-42(47)43-20-4-9-24-48(43)57/h1-35H. The van der Waals surface area contributed by atoms with Crippen molar-refractivity contribution in [3.05, 3.63) is 235 Å². The van der Waals surface area contributed by atoms with Gasteiger partial charge in [-0.15, -0.1) is 0 Å². The van der Waals surface area contributed by atoms with Crippen LogP contribution in [0.1, 0.15) is 22.3 Å². The molecule has 13 rings (SSSR count). The minimum atomic E-state index is -0.445. The molecular formula is C57H35NO. The highest BCUT2D eigenvalue weighted by atomic mass is 16.3. The minimum absolute atomic E-state index is 0.445. The first-order chi connectivity index (χ1) is 29.3. The molecule has 2 heteroatoms. The van der Waals surface area contributed by atoms with E-state index in [2.05, 4.69) is 211 Å². The highest BCUT2D eigenvalue weighted by molar-refractivity contribution is 6.16. The molecule has 0 saturated carbocycles. The number of nitrogens with zero attached hydrogens (tertiary/aromatic N) is 1. The molecule has 1 spiro atoms. The molecule has 0 aliphatic heterocycles. The number of benzene rings is 10. The number of furan rings is 1. The molecule has 0 atom stereocenters. The van der Waals surface area contributed by atoms with E-state index < -0.39 is 5.41 Å². The smallest absolute Gasteiger partial charge is 0.143 e. The van der Waals surface area contributed by atoms with Crippen molar-refractivity contribution in [3.63, 3.8) is 0 Å². The number of fused-ring (bicyclic) bond motifs is 16. The topological polar surface area (TPSA) is 16.4 Å². The lowest BCUT2D eigenvalue weighted by Gasteiger charge is -2.33. The Morgan fingerprint density at radius 3 is 1.71 bits per heavy atom. The molecule has 0 saturated heterocycles. The number of hydrogen-bond donors (Lipinski definition) is 0. The van der Waals surface area contributed by atoms with Crippen molar-refractivity contribution < 1.29 is 4.42 Å². The maximum Gasteiger partial charge on any atom is 0.143 e. The van der Waals surface area contributed by atoms with Gasteiger partial charge in [0.2, 0.25) is 0 Å². The van der Waals surface area contributed by atoms with Crippen LogP contribution >= 0.6 is 0 Å². The predicted octanol–water partition coefficient (Wildman–Crippen LogP) is 15.4. The third-order valence-corrected chi connectivity index (χ3v) is 13.1. The van der Waals surface area contributed by atoms with Gasteiger partial charge in [0.05, 0.1) is 22.5 Å². The van der Waals surface area contributed by atoms with Crippen LogP contribution in [-0.4, -0.2) is 0 Å². The van der Waals surface area contributed by atoms with Crippen molar-refractivity contribution in [2.45, 2.75) is 5.41 Å².